The highest BCUT2D eigenvalue weighted by atomic mass is 16.5. The number of ether oxygens (including phenoxy) is 2. The van der Waals surface area contributed by atoms with Crippen LogP contribution in [0.15, 0.2) is 89.7 Å². The number of nitrogens with zero attached hydrogens (tertiary/aromatic N) is 2. The van der Waals surface area contributed by atoms with E-state index in [1.807, 2.05) is 60.7 Å². The molecule has 0 aliphatic carbocycles. The lowest BCUT2D eigenvalue weighted by Gasteiger charge is -2.14. The van der Waals surface area contributed by atoms with E-state index in [4.69, 9.17) is 9.47 Å². The molecule has 0 radical (unpaired) electrons. The van der Waals surface area contributed by atoms with Crippen LogP contribution >= 0.6 is 0 Å². The van der Waals surface area contributed by atoms with Crippen LogP contribution in [0.4, 0.5) is 0 Å². The standard InChI is InChI=1S/C27H26N2O5/c1-19(25(30)33-17-21-11-5-3-6-12-21)28-23-15-9-10-16-24(23)29(27(28)32)20(2)26(31)34-18-22-13-7-4-8-14-22/h3-16,19-20H,17-18H2,1-2H3. The molecule has 1 aromatic heterocycles. The molecule has 0 bridgehead atoms. The third-order valence-electron chi connectivity index (χ3n) is 5.72. The van der Waals surface area contributed by atoms with Gasteiger partial charge >= 0.3 is 17.6 Å². The Morgan fingerprint density at radius 3 is 1.38 bits per heavy atom. The number of aromatic nitrogens is 2. The second-order valence-corrected chi connectivity index (χ2v) is 8.05. The number of carbonyl (C=O) groups is 2. The van der Waals surface area contributed by atoms with Crippen LogP contribution in [-0.4, -0.2) is 21.1 Å². The summed E-state index contributed by atoms with van der Waals surface area (Å²) in [5.41, 5.74) is 2.31. The molecule has 2 unspecified atom stereocenters. The van der Waals surface area contributed by atoms with Crippen LogP contribution in [0.2, 0.25) is 0 Å². The maximum atomic E-state index is 13.4. The van der Waals surface area contributed by atoms with Crippen LogP contribution in [0.3, 0.4) is 0 Å². The summed E-state index contributed by atoms with van der Waals surface area (Å²) in [6.45, 7) is 3.45. The Hall–Kier alpha value is -4.13. The van der Waals surface area contributed by atoms with Gasteiger partial charge in [0.05, 0.1) is 11.0 Å². The van der Waals surface area contributed by atoms with Crippen molar-refractivity contribution in [3.05, 3.63) is 107 Å². The van der Waals surface area contributed by atoms with Crippen LogP contribution in [0, 0.1) is 0 Å². The number of rotatable bonds is 8. The number of para-hydroxylation sites is 2. The van der Waals surface area contributed by atoms with Gasteiger partial charge in [0.1, 0.15) is 25.3 Å². The molecule has 0 saturated carbocycles. The fourth-order valence-electron chi connectivity index (χ4n) is 3.85. The molecule has 1 heterocycles. The Bertz CT molecular complexity index is 1240. The number of carbonyl (C=O) groups excluding carboxylic acids is 2. The monoisotopic (exact) mass is 458 g/mol. The Balaban J connectivity index is 1.58. The molecule has 3 aromatic carbocycles. The largest absolute Gasteiger partial charge is 0.459 e. The van der Waals surface area contributed by atoms with Gasteiger partial charge in [-0.15, -0.1) is 0 Å². The van der Waals surface area contributed by atoms with E-state index in [9.17, 15) is 14.4 Å². The SMILES string of the molecule is CC(C(=O)OCc1ccccc1)n1c(=O)n(C(C)C(=O)OCc2ccccc2)c2ccccc21. The van der Waals surface area contributed by atoms with E-state index in [-0.39, 0.29) is 13.2 Å². The molecule has 4 rings (SSSR count). The van der Waals surface area contributed by atoms with Crippen molar-refractivity contribution in [3.8, 4) is 0 Å². The normalized spacial score (nSPS) is 12.8. The quantitative estimate of drug-likeness (QED) is 0.366. The second kappa shape index (κ2) is 10.2. The average Bonchev–Trinajstić information content (AvgIpc) is 3.17. The van der Waals surface area contributed by atoms with Gasteiger partial charge in [0.2, 0.25) is 0 Å². The molecule has 7 heteroatoms. The molecule has 2 atom stereocenters. The van der Waals surface area contributed by atoms with Gasteiger partial charge in [0, 0.05) is 0 Å². The van der Waals surface area contributed by atoms with E-state index >= 15 is 0 Å². The van der Waals surface area contributed by atoms with Gasteiger partial charge in [0.15, 0.2) is 0 Å². The third kappa shape index (κ3) is 4.78. The highest BCUT2D eigenvalue weighted by molar-refractivity contribution is 5.83. The lowest BCUT2D eigenvalue weighted by molar-refractivity contribution is -0.148. The zero-order chi connectivity index (χ0) is 24.1. The molecule has 0 fully saturated rings. The predicted octanol–water partition coefficient (Wildman–Crippen LogP) is 4.41. The van der Waals surface area contributed by atoms with E-state index in [1.54, 1.807) is 38.1 Å². The van der Waals surface area contributed by atoms with Gasteiger partial charge < -0.3 is 9.47 Å². The molecule has 0 saturated heterocycles. The Kier molecular flexibility index (Phi) is 6.92. The van der Waals surface area contributed by atoms with Gasteiger partial charge in [-0.05, 0) is 37.1 Å². The summed E-state index contributed by atoms with van der Waals surface area (Å²) in [4.78, 5) is 39.0. The van der Waals surface area contributed by atoms with Crippen LogP contribution in [0.5, 0.6) is 0 Å². The summed E-state index contributed by atoms with van der Waals surface area (Å²) >= 11 is 0. The van der Waals surface area contributed by atoms with Crippen molar-refractivity contribution < 1.29 is 19.1 Å². The minimum atomic E-state index is -0.880. The lowest BCUT2D eigenvalue weighted by atomic mass is 10.2. The first kappa shape index (κ1) is 23.0. The number of hydrogen-bond donors (Lipinski definition) is 0. The molecule has 174 valence electrons. The topological polar surface area (TPSA) is 79.5 Å². The second-order valence-electron chi connectivity index (χ2n) is 8.05. The van der Waals surface area contributed by atoms with Crippen molar-refractivity contribution >= 4 is 23.0 Å². The van der Waals surface area contributed by atoms with Gasteiger partial charge in [-0.2, -0.15) is 0 Å². The Morgan fingerprint density at radius 1 is 0.647 bits per heavy atom. The molecule has 4 aromatic rings. The predicted molar refractivity (Wildman–Crippen MR) is 128 cm³/mol. The molecular formula is C27H26N2O5. The molecule has 7 nitrogen and oxygen atoms in total. The highest BCUT2D eigenvalue weighted by Gasteiger charge is 2.28. The summed E-state index contributed by atoms with van der Waals surface area (Å²) < 4.78 is 13.6. The molecule has 0 aliphatic heterocycles. The first-order valence-electron chi connectivity index (χ1n) is 11.1. The fourth-order valence-corrected chi connectivity index (χ4v) is 3.85. The molecule has 0 amide bonds. The van der Waals surface area contributed by atoms with Crippen LogP contribution in [-0.2, 0) is 32.3 Å². The smallest absolute Gasteiger partial charge is 0.330 e. The number of esters is 2. The van der Waals surface area contributed by atoms with Crippen molar-refractivity contribution in [2.24, 2.45) is 0 Å². The minimum Gasteiger partial charge on any atom is -0.459 e. The summed E-state index contributed by atoms with van der Waals surface area (Å²) in [5, 5.41) is 0. The third-order valence-corrected chi connectivity index (χ3v) is 5.72. The zero-order valence-corrected chi connectivity index (χ0v) is 19.1. The first-order valence-corrected chi connectivity index (χ1v) is 11.1. The van der Waals surface area contributed by atoms with Crippen molar-refractivity contribution in [3.63, 3.8) is 0 Å². The molecule has 0 spiro atoms. The van der Waals surface area contributed by atoms with Crippen LogP contribution in [0.25, 0.3) is 11.0 Å². The molecule has 34 heavy (non-hydrogen) atoms. The number of fused-ring (bicyclic) bond motifs is 1. The number of imidazole rings is 1. The minimum absolute atomic E-state index is 0.111. The van der Waals surface area contributed by atoms with Gasteiger partial charge in [-0.25, -0.2) is 14.4 Å². The summed E-state index contributed by atoms with van der Waals surface area (Å²) in [5.74, 6) is -1.07. The number of benzene rings is 3. The van der Waals surface area contributed by atoms with Crippen molar-refractivity contribution in [1.29, 1.82) is 0 Å². The first-order chi connectivity index (χ1) is 16.5. The fraction of sp³-hybridized carbons (Fsp3) is 0.222. The average molecular weight is 459 g/mol. The van der Waals surface area contributed by atoms with E-state index < -0.39 is 29.7 Å². The van der Waals surface area contributed by atoms with E-state index in [2.05, 4.69) is 0 Å². The summed E-state index contributed by atoms with van der Waals surface area (Å²) in [7, 11) is 0. The maximum absolute atomic E-state index is 13.4. The zero-order valence-electron chi connectivity index (χ0n) is 19.1. The number of hydrogen-bond acceptors (Lipinski definition) is 5. The highest BCUT2D eigenvalue weighted by Crippen LogP contribution is 2.22. The van der Waals surface area contributed by atoms with Crippen molar-refractivity contribution in [2.45, 2.75) is 39.1 Å². The van der Waals surface area contributed by atoms with E-state index in [0.717, 1.165) is 11.1 Å². The van der Waals surface area contributed by atoms with Crippen molar-refractivity contribution in [2.75, 3.05) is 0 Å². The molecular weight excluding hydrogens is 432 g/mol. The van der Waals surface area contributed by atoms with Crippen molar-refractivity contribution in [1.82, 2.24) is 9.13 Å². The van der Waals surface area contributed by atoms with Gasteiger partial charge in [-0.1, -0.05) is 72.8 Å². The molecule has 0 aliphatic rings. The Morgan fingerprint density at radius 2 is 1.00 bits per heavy atom. The van der Waals surface area contributed by atoms with Crippen LogP contribution in [0.1, 0.15) is 37.1 Å². The van der Waals surface area contributed by atoms with Gasteiger partial charge in [-0.3, -0.25) is 9.13 Å². The molecule has 0 N–H and O–H groups in total. The summed E-state index contributed by atoms with van der Waals surface area (Å²) in [6.07, 6.45) is 0. The summed E-state index contributed by atoms with van der Waals surface area (Å²) in [6, 6.07) is 24.0. The van der Waals surface area contributed by atoms with E-state index in [1.165, 1.54) is 9.13 Å². The lowest BCUT2D eigenvalue weighted by Crippen LogP contribution is -2.34. The van der Waals surface area contributed by atoms with Gasteiger partial charge in [0.25, 0.3) is 0 Å². The van der Waals surface area contributed by atoms with E-state index in [0.29, 0.717) is 11.0 Å². The van der Waals surface area contributed by atoms with Crippen LogP contribution < -0.4 is 5.69 Å². The Labute approximate surface area is 197 Å². The maximum Gasteiger partial charge on any atom is 0.330 e.